The van der Waals surface area contributed by atoms with E-state index < -0.39 is 17.3 Å². The lowest BCUT2D eigenvalue weighted by Gasteiger charge is -2.38. The molecule has 1 fully saturated rings. The van der Waals surface area contributed by atoms with Gasteiger partial charge in [-0.05, 0) is 54.6 Å². The summed E-state index contributed by atoms with van der Waals surface area (Å²) >= 11 is 0. The van der Waals surface area contributed by atoms with Gasteiger partial charge in [0.05, 0.1) is 11.2 Å². The highest BCUT2D eigenvalue weighted by Gasteiger charge is 2.36. The lowest BCUT2D eigenvalue weighted by Crippen LogP contribution is -2.42. The van der Waals surface area contributed by atoms with Crippen molar-refractivity contribution in [3.63, 3.8) is 0 Å². The summed E-state index contributed by atoms with van der Waals surface area (Å²) in [5, 5.41) is 10.9. The molecule has 1 aliphatic heterocycles. The van der Waals surface area contributed by atoms with Gasteiger partial charge in [0.1, 0.15) is 0 Å². The number of hydrogen-bond donors (Lipinski definition) is 2. The van der Waals surface area contributed by atoms with Crippen LogP contribution < -0.4 is 5.73 Å². The number of nitrogens with two attached hydrogens (primary N) is 1. The standard InChI is InChI=1S/C21H25F3N2O.2ClH/c22-21(23,24)19-3-1-2-18(14-19)20(27)9-12-26(13-10-20)15-17-6-4-16(5-7-17)8-11-25;;/h1-7,14,27H,8-13,15,25H2;2*1H. The van der Waals surface area contributed by atoms with Gasteiger partial charge in [0, 0.05) is 19.6 Å². The monoisotopic (exact) mass is 450 g/mol. The molecule has 0 spiro atoms. The van der Waals surface area contributed by atoms with E-state index in [1.165, 1.54) is 17.2 Å². The molecule has 2 aromatic rings. The van der Waals surface area contributed by atoms with Crippen LogP contribution in [0.1, 0.15) is 35.1 Å². The predicted octanol–water partition coefficient (Wildman–Crippen LogP) is 4.53. The molecule has 0 aromatic heterocycles. The molecule has 3 rings (SSSR count). The van der Waals surface area contributed by atoms with Gasteiger partial charge < -0.3 is 10.8 Å². The number of benzene rings is 2. The summed E-state index contributed by atoms with van der Waals surface area (Å²) in [5.74, 6) is 0. The highest BCUT2D eigenvalue weighted by atomic mass is 35.5. The van der Waals surface area contributed by atoms with Crippen LogP contribution in [0.4, 0.5) is 13.2 Å². The van der Waals surface area contributed by atoms with Crippen LogP contribution >= 0.6 is 24.8 Å². The summed E-state index contributed by atoms with van der Waals surface area (Å²) in [7, 11) is 0. The number of rotatable bonds is 5. The first kappa shape index (κ1) is 25.7. The molecule has 8 heteroatoms. The lowest BCUT2D eigenvalue weighted by molar-refractivity contribution is -0.137. The van der Waals surface area contributed by atoms with Crippen molar-refractivity contribution >= 4 is 24.8 Å². The minimum absolute atomic E-state index is 0. The van der Waals surface area contributed by atoms with Crippen molar-refractivity contribution in [3.8, 4) is 0 Å². The first-order valence-corrected chi connectivity index (χ1v) is 9.20. The van der Waals surface area contributed by atoms with Crippen molar-refractivity contribution in [1.29, 1.82) is 0 Å². The van der Waals surface area contributed by atoms with E-state index in [-0.39, 0.29) is 24.8 Å². The molecule has 0 aliphatic carbocycles. The van der Waals surface area contributed by atoms with E-state index in [1.54, 1.807) is 6.07 Å². The van der Waals surface area contributed by atoms with Gasteiger partial charge in [-0.3, -0.25) is 4.90 Å². The number of piperidine rings is 1. The molecule has 0 amide bonds. The Labute approximate surface area is 181 Å². The summed E-state index contributed by atoms with van der Waals surface area (Å²) in [6.45, 7) is 2.66. The van der Waals surface area contributed by atoms with Crippen LogP contribution in [-0.2, 0) is 24.7 Å². The van der Waals surface area contributed by atoms with Crippen LogP contribution in [0.2, 0.25) is 0 Å². The Hall–Kier alpha value is -1.31. The van der Waals surface area contributed by atoms with Crippen LogP contribution in [0.25, 0.3) is 0 Å². The maximum absolute atomic E-state index is 12.9. The SMILES string of the molecule is Cl.Cl.NCCc1ccc(CN2CCC(O)(c3cccc(C(F)(F)F)c3)CC2)cc1. The molecule has 2 aromatic carbocycles. The average Bonchev–Trinajstić information content (AvgIpc) is 2.65. The Morgan fingerprint density at radius 1 is 0.966 bits per heavy atom. The van der Waals surface area contributed by atoms with E-state index >= 15 is 0 Å². The highest BCUT2D eigenvalue weighted by Crippen LogP contribution is 2.37. The zero-order valence-corrected chi connectivity index (χ0v) is 17.6. The second kappa shape index (κ2) is 10.6. The van der Waals surface area contributed by atoms with E-state index in [1.807, 2.05) is 0 Å². The number of likely N-dealkylation sites (tertiary alicyclic amines) is 1. The van der Waals surface area contributed by atoms with Gasteiger partial charge in [0.15, 0.2) is 0 Å². The zero-order chi connectivity index (χ0) is 19.5. The minimum atomic E-state index is -4.40. The molecule has 0 saturated carbocycles. The topological polar surface area (TPSA) is 49.5 Å². The normalized spacial score (nSPS) is 16.6. The maximum Gasteiger partial charge on any atom is 0.416 e. The number of hydrogen-bond acceptors (Lipinski definition) is 3. The van der Waals surface area contributed by atoms with Crippen molar-refractivity contribution in [1.82, 2.24) is 4.90 Å². The maximum atomic E-state index is 12.9. The van der Waals surface area contributed by atoms with E-state index in [0.29, 0.717) is 38.0 Å². The molecule has 3 nitrogen and oxygen atoms in total. The third kappa shape index (κ3) is 6.59. The molecule has 162 valence electrons. The van der Waals surface area contributed by atoms with Gasteiger partial charge in [0.2, 0.25) is 0 Å². The molecule has 0 atom stereocenters. The average molecular weight is 451 g/mol. The molecular weight excluding hydrogens is 424 g/mol. The summed E-state index contributed by atoms with van der Waals surface area (Å²) in [4.78, 5) is 2.22. The Morgan fingerprint density at radius 3 is 2.10 bits per heavy atom. The van der Waals surface area contributed by atoms with Crippen molar-refractivity contribution in [2.75, 3.05) is 19.6 Å². The minimum Gasteiger partial charge on any atom is -0.385 e. The number of halogens is 5. The van der Waals surface area contributed by atoms with Crippen molar-refractivity contribution in [2.24, 2.45) is 5.73 Å². The van der Waals surface area contributed by atoms with Gasteiger partial charge in [-0.25, -0.2) is 0 Å². The molecule has 0 radical (unpaired) electrons. The predicted molar refractivity (Wildman–Crippen MR) is 114 cm³/mol. The fraction of sp³-hybridized carbons (Fsp3) is 0.429. The van der Waals surface area contributed by atoms with E-state index in [2.05, 4.69) is 29.2 Å². The van der Waals surface area contributed by atoms with E-state index in [4.69, 9.17) is 5.73 Å². The van der Waals surface area contributed by atoms with Crippen LogP contribution in [0.5, 0.6) is 0 Å². The van der Waals surface area contributed by atoms with Crippen molar-refractivity contribution in [2.45, 2.75) is 37.6 Å². The Bertz CT molecular complexity index is 761. The highest BCUT2D eigenvalue weighted by molar-refractivity contribution is 5.85. The first-order chi connectivity index (χ1) is 12.8. The fourth-order valence-corrected chi connectivity index (χ4v) is 3.59. The van der Waals surface area contributed by atoms with E-state index in [0.717, 1.165) is 25.1 Å². The Morgan fingerprint density at radius 2 is 1.55 bits per heavy atom. The number of alkyl halides is 3. The molecule has 1 aliphatic rings. The second-order valence-electron chi connectivity index (χ2n) is 7.24. The zero-order valence-electron chi connectivity index (χ0n) is 16.0. The summed E-state index contributed by atoms with van der Waals surface area (Å²) in [6.07, 6.45) is -2.71. The lowest BCUT2D eigenvalue weighted by atomic mass is 9.83. The number of nitrogens with zero attached hydrogens (tertiary/aromatic N) is 1. The summed E-state index contributed by atoms with van der Waals surface area (Å²) in [6, 6.07) is 13.4. The Kier molecular flexibility index (Phi) is 9.44. The van der Waals surface area contributed by atoms with E-state index in [9.17, 15) is 18.3 Å². The molecule has 0 bridgehead atoms. The Balaban J connectivity index is 0.00000210. The smallest absolute Gasteiger partial charge is 0.385 e. The molecule has 1 heterocycles. The van der Waals surface area contributed by atoms with Crippen LogP contribution in [0.3, 0.4) is 0 Å². The summed E-state index contributed by atoms with van der Waals surface area (Å²) < 4.78 is 38.8. The van der Waals surface area contributed by atoms with Crippen LogP contribution in [0, 0.1) is 0 Å². The van der Waals surface area contributed by atoms with Crippen molar-refractivity contribution < 1.29 is 18.3 Å². The quantitative estimate of drug-likeness (QED) is 0.702. The van der Waals surface area contributed by atoms with Crippen LogP contribution in [0.15, 0.2) is 48.5 Å². The first-order valence-electron chi connectivity index (χ1n) is 9.20. The van der Waals surface area contributed by atoms with Gasteiger partial charge in [-0.1, -0.05) is 36.4 Å². The fourth-order valence-electron chi connectivity index (χ4n) is 3.59. The second-order valence-corrected chi connectivity index (χ2v) is 7.24. The summed E-state index contributed by atoms with van der Waals surface area (Å²) in [5.41, 5.74) is 6.38. The van der Waals surface area contributed by atoms with Crippen molar-refractivity contribution in [3.05, 3.63) is 70.8 Å². The molecule has 0 unspecified atom stereocenters. The molecule has 29 heavy (non-hydrogen) atoms. The molecule has 3 N–H and O–H groups in total. The third-order valence-corrected chi connectivity index (χ3v) is 5.27. The molecular formula is C21H27Cl2F3N2O. The van der Waals surface area contributed by atoms with Gasteiger partial charge in [-0.15, -0.1) is 24.8 Å². The third-order valence-electron chi connectivity index (χ3n) is 5.27. The van der Waals surface area contributed by atoms with Gasteiger partial charge in [-0.2, -0.15) is 13.2 Å². The van der Waals surface area contributed by atoms with Gasteiger partial charge >= 0.3 is 6.18 Å². The van der Waals surface area contributed by atoms with Gasteiger partial charge in [0.25, 0.3) is 0 Å². The largest absolute Gasteiger partial charge is 0.416 e. The van der Waals surface area contributed by atoms with Crippen LogP contribution in [-0.4, -0.2) is 29.6 Å². The molecule has 1 saturated heterocycles. The number of aliphatic hydroxyl groups is 1.